The SMILES string of the molecule is COCCC(NC(=O)NC1COc2ccccc21)C(=O)O. The van der Waals surface area contributed by atoms with Crippen molar-refractivity contribution in [3.63, 3.8) is 0 Å². The van der Waals surface area contributed by atoms with Gasteiger partial charge in [-0.25, -0.2) is 9.59 Å². The van der Waals surface area contributed by atoms with E-state index in [1.54, 1.807) is 0 Å². The highest BCUT2D eigenvalue weighted by Crippen LogP contribution is 2.31. The van der Waals surface area contributed by atoms with Gasteiger partial charge in [0.05, 0.1) is 6.04 Å². The van der Waals surface area contributed by atoms with E-state index in [1.165, 1.54) is 7.11 Å². The van der Waals surface area contributed by atoms with E-state index in [4.69, 9.17) is 14.6 Å². The van der Waals surface area contributed by atoms with Gasteiger partial charge in [0.2, 0.25) is 0 Å². The Morgan fingerprint density at radius 2 is 2.24 bits per heavy atom. The molecule has 1 heterocycles. The smallest absolute Gasteiger partial charge is 0.326 e. The van der Waals surface area contributed by atoms with Crippen molar-refractivity contribution in [3.8, 4) is 5.75 Å². The quantitative estimate of drug-likeness (QED) is 0.724. The van der Waals surface area contributed by atoms with E-state index in [9.17, 15) is 9.59 Å². The number of nitrogens with one attached hydrogen (secondary N) is 2. The van der Waals surface area contributed by atoms with Gasteiger partial charge in [-0.05, 0) is 6.07 Å². The number of carboxylic acid groups (broad SMARTS) is 1. The molecule has 0 saturated heterocycles. The van der Waals surface area contributed by atoms with Crippen LogP contribution in [0.3, 0.4) is 0 Å². The molecule has 2 amide bonds. The number of carbonyl (C=O) groups excluding carboxylic acids is 1. The second-order valence-electron chi connectivity index (χ2n) is 4.69. The number of fused-ring (bicyclic) bond motifs is 1. The van der Waals surface area contributed by atoms with Crippen molar-refractivity contribution in [1.82, 2.24) is 10.6 Å². The molecule has 3 N–H and O–H groups in total. The topological polar surface area (TPSA) is 96.9 Å². The molecule has 2 rings (SSSR count). The first-order chi connectivity index (χ1) is 10.1. The first-order valence-corrected chi connectivity index (χ1v) is 6.62. The van der Waals surface area contributed by atoms with Crippen LogP contribution in [0.4, 0.5) is 4.79 Å². The van der Waals surface area contributed by atoms with Crippen molar-refractivity contribution in [2.75, 3.05) is 20.3 Å². The summed E-state index contributed by atoms with van der Waals surface area (Å²) in [6.45, 7) is 0.592. The number of amides is 2. The Balaban J connectivity index is 1.91. The van der Waals surface area contributed by atoms with Gasteiger partial charge in [-0.3, -0.25) is 0 Å². The predicted octanol–water partition coefficient (Wildman–Crippen LogP) is 0.909. The summed E-state index contributed by atoms with van der Waals surface area (Å²) in [7, 11) is 1.48. The molecule has 2 atom stereocenters. The molecule has 2 unspecified atom stereocenters. The highest BCUT2D eigenvalue weighted by molar-refractivity contribution is 5.82. The summed E-state index contributed by atoms with van der Waals surface area (Å²) < 4.78 is 10.3. The molecule has 1 aromatic carbocycles. The lowest BCUT2D eigenvalue weighted by Gasteiger charge is -2.17. The molecular formula is C14H18N2O5. The van der Waals surface area contributed by atoms with Gasteiger partial charge >= 0.3 is 12.0 Å². The third kappa shape index (κ3) is 3.85. The minimum atomic E-state index is -1.09. The number of aliphatic carboxylic acids is 1. The fraction of sp³-hybridized carbons (Fsp3) is 0.429. The van der Waals surface area contributed by atoms with Crippen LogP contribution < -0.4 is 15.4 Å². The van der Waals surface area contributed by atoms with Gasteiger partial charge < -0.3 is 25.2 Å². The fourth-order valence-corrected chi connectivity index (χ4v) is 2.13. The van der Waals surface area contributed by atoms with Crippen LogP contribution in [0.25, 0.3) is 0 Å². The van der Waals surface area contributed by atoms with Crippen LogP contribution in [0.1, 0.15) is 18.0 Å². The Morgan fingerprint density at radius 1 is 1.48 bits per heavy atom. The minimum Gasteiger partial charge on any atom is -0.491 e. The molecule has 0 aliphatic carbocycles. The highest BCUT2D eigenvalue weighted by atomic mass is 16.5. The Hall–Kier alpha value is -2.28. The lowest BCUT2D eigenvalue weighted by Crippen LogP contribution is -2.47. The number of methoxy groups -OCH3 is 1. The maximum absolute atomic E-state index is 11.9. The Kier molecular flexibility index (Phi) is 4.99. The summed E-state index contributed by atoms with van der Waals surface area (Å²) in [5, 5.41) is 14.2. The molecule has 7 nitrogen and oxygen atoms in total. The van der Waals surface area contributed by atoms with E-state index in [0.29, 0.717) is 6.61 Å². The fourth-order valence-electron chi connectivity index (χ4n) is 2.13. The molecule has 0 aromatic heterocycles. The lowest BCUT2D eigenvalue weighted by atomic mass is 10.1. The number of ether oxygens (including phenoxy) is 2. The zero-order valence-electron chi connectivity index (χ0n) is 11.7. The monoisotopic (exact) mass is 294 g/mol. The van der Waals surface area contributed by atoms with E-state index in [2.05, 4.69) is 10.6 Å². The van der Waals surface area contributed by atoms with Gasteiger partial charge in [-0.1, -0.05) is 18.2 Å². The molecule has 0 spiro atoms. The number of hydrogen-bond acceptors (Lipinski definition) is 4. The van der Waals surface area contributed by atoms with Crippen molar-refractivity contribution < 1.29 is 24.2 Å². The highest BCUT2D eigenvalue weighted by Gasteiger charge is 2.27. The van der Waals surface area contributed by atoms with E-state index < -0.39 is 18.0 Å². The maximum atomic E-state index is 11.9. The molecule has 0 fully saturated rings. The average Bonchev–Trinajstić information content (AvgIpc) is 2.86. The largest absolute Gasteiger partial charge is 0.491 e. The number of hydrogen-bond donors (Lipinski definition) is 3. The van der Waals surface area contributed by atoms with Crippen molar-refractivity contribution in [2.24, 2.45) is 0 Å². The van der Waals surface area contributed by atoms with Crippen LogP contribution in [-0.4, -0.2) is 43.5 Å². The second kappa shape index (κ2) is 6.94. The van der Waals surface area contributed by atoms with Crippen molar-refractivity contribution >= 4 is 12.0 Å². The van der Waals surface area contributed by atoms with Crippen LogP contribution >= 0.6 is 0 Å². The number of carbonyl (C=O) groups is 2. The van der Waals surface area contributed by atoms with Gasteiger partial charge in [0.1, 0.15) is 18.4 Å². The van der Waals surface area contributed by atoms with Crippen LogP contribution in [-0.2, 0) is 9.53 Å². The molecular weight excluding hydrogens is 276 g/mol. The maximum Gasteiger partial charge on any atom is 0.326 e. The predicted molar refractivity (Wildman–Crippen MR) is 74.3 cm³/mol. The van der Waals surface area contributed by atoms with Crippen LogP contribution in [0.15, 0.2) is 24.3 Å². The molecule has 0 saturated carbocycles. The lowest BCUT2D eigenvalue weighted by molar-refractivity contribution is -0.139. The number of para-hydroxylation sites is 1. The van der Waals surface area contributed by atoms with E-state index in [0.717, 1.165) is 11.3 Å². The molecule has 0 bridgehead atoms. The summed E-state index contributed by atoms with van der Waals surface area (Å²) in [6.07, 6.45) is 0.205. The first kappa shape index (κ1) is 15.1. The van der Waals surface area contributed by atoms with E-state index >= 15 is 0 Å². The third-order valence-electron chi connectivity index (χ3n) is 3.22. The zero-order chi connectivity index (χ0) is 15.2. The Labute approximate surface area is 122 Å². The van der Waals surface area contributed by atoms with Crippen molar-refractivity contribution in [3.05, 3.63) is 29.8 Å². The number of benzene rings is 1. The van der Waals surface area contributed by atoms with E-state index in [-0.39, 0.29) is 19.1 Å². The summed E-state index contributed by atoms with van der Waals surface area (Å²) >= 11 is 0. The standard InChI is InChI=1S/C14H18N2O5/c1-20-7-6-10(13(17)18)15-14(19)16-11-8-21-12-5-3-2-4-9(11)12/h2-5,10-11H,6-8H2,1H3,(H,17,18)(H2,15,16,19). The zero-order valence-corrected chi connectivity index (χ0v) is 11.7. The van der Waals surface area contributed by atoms with Gasteiger partial charge in [0.15, 0.2) is 0 Å². The van der Waals surface area contributed by atoms with Crippen LogP contribution in [0.5, 0.6) is 5.75 Å². The third-order valence-corrected chi connectivity index (χ3v) is 3.22. The van der Waals surface area contributed by atoms with E-state index in [1.807, 2.05) is 24.3 Å². The normalized spacial score (nSPS) is 17.5. The van der Waals surface area contributed by atoms with Gasteiger partial charge in [-0.15, -0.1) is 0 Å². The summed E-state index contributed by atoms with van der Waals surface area (Å²) in [5.74, 6) is -0.359. The van der Waals surface area contributed by atoms with Crippen LogP contribution in [0.2, 0.25) is 0 Å². The number of urea groups is 1. The molecule has 21 heavy (non-hydrogen) atoms. The minimum absolute atomic E-state index is 0.205. The molecule has 1 aliphatic heterocycles. The molecule has 1 aromatic rings. The molecule has 0 radical (unpaired) electrons. The van der Waals surface area contributed by atoms with Gasteiger partial charge in [0, 0.05) is 25.7 Å². The molecule has 7 heteroatoms. The molecule has 114 valence electrons. The van der Waals surface area contributed by atoms with Crippen molar-refractivity contribution in [1.29, 1.82) is 0 Å². The Morgan fingerprint density at radius 3 is 2.95 bits per heavy atom. The first-order valence-electron chi connectivity index (χ1n) is 6.62. The average molecular weight is 294 g/mol. The number of carboxylic acids is 1. The molecule has 1 aliphatic rings. The summed E-state index contributed by atoms with van der Waals surface area (Å²) in [5.41, 5.74) is 0.886. The van der Waals surface area contributed by atoms with Gasteiger partial charge in [-0.2, -0.15) is 0 Å². The van der Waals surface area contributed by atoms with Gasteiger partial charge in [0.25, 0.3) is 0 Å². The van der Waals surface area contributed by atoms with Crippen LogP contribution in [0, 0.1) is 0 Å². The summed E-state index contributed by atoms with van der Waals surface area (Å²) in [4.78, 5) is 23.0. The Bertz CT molecular complexity index is 520. The van der Waals surface area contributed by atoms with Crippen molar-refractivity contribution in [2.45, 2.75) is 18.5 Å². The second-order valence-corrected chi connectivity index (χ2v) is 4.69. The summed E-state index contributed by atoms with van der Waals surface area (Å²) in [6, 6.07) is 5.61. The number of rotatable bonds is 6.